The van der Waals surface area contributed by atoms with Crippen LogP contribution in [-0.2, 0) is 0 Å². The summed E-state index contributed by atoms with van der Waals surface area (Å²) in [7, 11) is 3.77. The Morgan fingerprint density at radius 3 is 1.81 bits per heavy atom. The Morgan fingerprint density at radius 1 is 0.875 bits per heavy atom. The Hall–Kier alpha value is -0.0800. The molecule has 2 heteroatoms. The Kier molecular flexibility index (Phi) is 8.96. The summed E-state index contributed by atoms with van der Waals surface area (Å²) in [5, 5.41) is 9.89. The maximum atomic E-state index is 9.89. The molecule has 1 atom stereocenters. The molecule has 0 aromatic rings. The van der Waals surface area contributed by atoms with E-state index in [-0.39, 0.29) is 4.65 Å². The first-order chi connectivity index (χ1) is 7.52. The molecule has 0 rings (SSSR count). The monoisotopic (exact) mass is 230 g/mol. The summed E-state index contributed by atoms with van der Waals surface area (Å²) in [6, 6.07) is 0.413. The van der Waals surface area contributed by atoms with Crippen molar-refractivity contribution in [3.63, 3.8) is 0 Å². The lowest BCUT2D eigenvalue weighted by molar-refractivity contribution is -1.09. The van der Waals surface area contributed by atoms with Crippen LogP contribution in [0.25, 0.3) is 0 Å². The summed E-state index contributed by atoms with van der Waals surface area (Å²) in [5.74, 6) is 0. The van der Waals surface area contributed by atoms with Crippen LogP contribution in [0.15, 0.2) is 0 Å². The molecule has 0 aliphatic rings. The first kappa shape index (κ1) is 15.9. The highest BCUT2D eigenvalue weighted by Crippen LogP contribution is 2.16. The molecule has 0 spiro atoms. The lowest BCUT2D eigenvalue weighted by Gasteiger charge is -2.29. The second-order valence-electron chi connectivity index (χ2n) is 5.45. The van der Waals surface area contributed by atoms with Crippen LogP contribution in [0.3, 0.4) is 0 Å². The number of hydroxylamine groups is 3. The van der Waals surface area contributed by atoms with Crippen molar-refractivity contribution in [3.8, 4) is 0 Å². The van der Waals surface area contributed by atoms with E-state index in [0.29, 0.717) is 6.04 Å². The second-order valence-corrected chi connectivity index (χ2v) is 5.45. The minimum Gasteiger partial charge on any atom is -0.217 e. The molecular weight excluding hydrogens is 198 g/mol. The molecule has 98 valence electrons. The lowest BCUT2D eigenvalue weighted by atomic mass is 10.0. The average molecular weight is 230 g/mol. The summed E-state index contributed by atoms with van der Waals surface area (Å²) >= 11 is 0. The molecule has 0 amide bonds. The van der Waals surface area contributed by atoms with Gasteiger partial charge in [0.05, 0.1) is 14.1 Å². The van der Waals surface area contributed by atoms with Crippen LogP contribution in [0.5, 0.6) is 0 Å². The van der Waals surface area contributed by atoms with E-state index in [1.807, 2.05) is 14.1 Å². The summed E-state index contributed by atoms with van der Waals surface area (Å²) in [5.41, 5.74) is 0. The average Bonchev–Trinajstić information content (AvgIpc) is 2.20. The molecular formula is C14H32NO+. The number of quaternary nitrogens is 1. The van der Waals surface area contributed by atoms with Crippen molar-refractivity contribution in [2.45, 2.75) is 77.7 Å². The van der Waals surface area contributed by atoms with Gasteiger partial charge in [0.2, 0.25) is 0 Å². The number of hydrogen-bond donors (Lipinski definition) is 1. The molecule has 0 aliphatic heterocycles. The molecule has 0 aromatic carbocycles. The van der Waals surface area contributed by atoms with Gasteiger partial charge in [-0.15, -0.1) is 0 Å². The highest BCUT2D eigenvalue weighted by Gasteiger charge is 2.23. The minimum absolute atomic E-state index is 0.131. The molecule has 0 radical (unpaired) electrons. The van der Waals surface area contributed by atoms with Crippen molar-refractivity contribution in [2.75, 3.05) is 14.1 Å². The molecule has 1 unspecified atom stereocenters. The van der Waals surface area contributed by atoms with E-state index in [9.17, 15) is 5.21 Å². The summed E-state index contributed by atoms with van der Waals surface area (Å²) in [4.78, 5) is 0. The lowest BCUT2D eigenvalue weighted by Crippen LogP contribution is -2.45. The van der Waals surface area contributed by atoms with Gasteiger partial charge in [-0.05, 0) is 12.8 Å². The Bertz CT molecular complexity index is 151. The summed E-state index contributed by atoms with van der Waals surface area (Å²) in [6.07, 6.45) is 11.7. The molecule has 0 aliphatic carbocycles. The van der Waals surface area contributed by atoms with Gasteiger partial charge in [0.15, 0.2) is 0 Å². The topological polar surface area (TPSA) is 20.2 Å². The molecule has 0 fully saturated rings. The third-order valence-electron chi connectivity index (χ3n) is 3.51. The van der Waals surface area contributed by atoms with E-state index < -0.39 is 0 Å². The van der Waals surface area contributed by atoms with Crippen molar-refractivity contribution in [2.24, 2.45) is 0 Å². The van der Waals surface area contributed by atoms with Gasteiger partial charge in [-0.1, -0.05) is 52.4 Å². The van der Waals surface area contributed by atoms with Gasteiger partial charge >= 0.3 is 0 Å². The van der Waals surface area contributed by atoms with E-state index in [2.05, 4.69) is 13.8 Å². The van der Waals surface area contributed by atoms with E-state index in [1.165, 1.54) is 44.9 Å². The highest BCUT2D eigenvalue weighted by molar-refractivity contribution is 4.55. The molecule has 1 N–H and O–H groups in total. The van der Waals surface area contributed by atoms with Crippen LogP contribution >= 0.6 is 0 Å². The van der Waals surface area contributed by atoms with Gasteiger partial charge < -0.3 is 0 Å². The zero-order valence-electron chi connectivity index (χ0n) is 11.8. The molecule has 2 nitrogen and oxygen atoms in total. The zero-order chi connectivity index (χ0) is 12.4. The summed E-state index contributed by atoms with van der Waals surface area (Å²) < 4.78 is 0.131. The highest BCUT2D eigenvalue weighted by atomic mass is 16.5. The van der Waals surface area contributed by atoms with Crippen LogP contribution in [0.1, 0.15) is 71.6 Å². The second kappa shape index (κ2) is 9.00. The predicted octanol–water partition coefficient (Wildman–Crippen LogP) is 4.37. The van der Waals surface area contributed by atoms with Gasteiger partial charge in [-0.2, -0.15) is 4.65 Å². The van der Waals surface area contributed by atoms with Gasteiger partial charge in [0.25, 0.3) is 0 Å². The fraction of sp³-hybridized carbons (Fsp3) is 1.00. The molecule has 0 saturated carbocycles. The van der Waals surface area contributed by atoms with Crippen molar-refractivity contribution in [3.05, 3.63) is 0 Å². The maximum Gasteiger partial charge on any atom is 0.118 e. The normalized spacial score (nSPS) is 14.1. The van der Waals surface area contributed by atoms with Crippen LogP contribution in [0, 0.1) is 0 Å². The fourth-order valence-electron chi connectivity index (χ4n) is 2.30. The standard InChI is InChI=1S/C14H32NO/c1-5-7-8-9-10-11-12-13-14(6-2)15(3,4)16/h14,16H,5-13H2,1-4H3/q+1. The van der Waals surface area contributed by atoms with Crippen LogP contribution in [0.2, 0.25) is 0 Å². The third kappa shape index (κ3) is 8.12. The fourth-order valence-corrected chi connectivity index (χ4v) is 2.30. The molecule has 16 heavy (non-hydrogen) atoms. The minimum atomic E-state index is 0.131. The van der Waals surface area contributed by atoms with E-state index >= 15 is 0 Å². The van der Waals surface area contributed by atoms with Crippen molar-refractivity contribution < 1.29 is 9.85 Å². The Labute approximate surface area is 102 Å². The summed E-state index contributed by atoms with van der Waals surface area (Å²) in [6.45, 7) is 4.43. The van der Waals surface area contributed by atoms with Crippen molar-refractivity contribution in [1.82, 2.24) is 0 Å². The van der Waals surface area contributed by atoms with E-state index in [1.54, 1.807) is 0 Å². The molecule has 0 heterocycles. The largest absolute Gasteiger partial charge is 0.217 e. The molecule has 0 bridgehead atoms. The third-order valence-corrected chi connectivity index (χ3v) is 3.51. The first-order valence-corrected chi connectivity index (χ1v) is 7.08. The van der Waals surface area contributed by atoms with Crippen molar-refractivity contribution in [1.29, 1.82) is 0 Å². The Morgan fingerprint density at radius 2 is 1.38 bits per heavy atom. The number of rotatable bonds is 10. The van der Waals surface area contributed by atoms with Gasteiger partial charge in [0, 0.05) is 6.42 Å². The first-order valence-electron chi connectivity index (χ1n) is 7.08. The van der Waals surface area contributed by atoms with E-state index in [0.717, 1.165) is 12.8 Å². The van der Waals surface area contributed by atoms with Crippen molar-refractivity contribution >= 4 is 0 Å². The van der Waals surface area contributed by atoms with Crippen LogP contribution < -0.4 is 0 Å². The molecule has 0 saturated heterocycles. The SMILES string of the molecule is CCCCCCCCCC(CC)[N+](C)(C)O. The van der Waals surface area contributed by atoms with Crippen LogP contribution in [-0.4, -0.2) is 30.0 Å². The quantitative estimate of drug-likeness (QED) is 0.336. The van der Waals surface area contributed by atoms with E-state index in [4.69, 9.17) is 0 Å². The molecule has 0 aromatic heterocycles. The smallest absolute Gasteiger partial charge is 0.118 e. The maximum absolute atomic E-state index is 9.89. The van der Waals surface area contributed by atoms with Gasteiger partial charge in [-0.25, -0.2) is 5.21 Å². The zero-order valence-corrected chi connectivity index (χ0v) is 11.8. The Balaban J connectivity index is 3.42. The predicted molar refractivity (Wildman–Crippen MR) is 70.6 cm³/mol. The van der Waals surface area contributed by atoms with Crippen LogP contribution in [0.4, 0.5) is 0 Å². The number of hydrogen-bond acceptors (Lipinski definition) is 1. The van der Waals surface area contributed by atoms with Gasteiger partial charge in [-0.3, -0.25) is 0 Å². The number of unbranched alkanes of at least 4 members (excludes halogenated alkanes) is 6. The van der Waals surface area contributed by atoms with Gasteiger partial charge in [0.1, 0.15) is 6.04 Å². The number of nitrogens with zero attached hydrogens (tertiary/aromatic N) is 1.